The lowest BCUT2D eigenvalue weighted by Crippen LogP contribution is -2.27. The molecule has 0 spiro atoms. The lowest BCUT2D eigenvalue weighted by molar-refractivity contribution is 0.436. The maximum Gasteiger partial charge on any atom is 0.283 e. The first kappa shape index (κ1) is 95.7. The zero-order valence-corrected chi connectivity index (χ0v) is 80.7. The molecular weight excluding hydrogens is 1930 g/mol. The normalized spacial score (nSPS) is 14.0. The van der Waals surface area contributed by atoms with Crippen LogP contribution in [0.5, 0.6) is 17.2 Å². The molecule has 0 fully saturated rings. The van der Waals surface area contributed by atoms with Crippen LogP contribution in [0.25, 0.3) is 118 Å². The Labute approximate surface area is 806 Å². The van der Waals surface area contributed by atoms with Crippen LogP contribution in [0.2, 0.25) is 0 Å². The van der Waals surface area contributed by atoms with Gasteiger partial charge < -0.3 is 37.3 Å². The van der Waals surface area contributed by atoms with Crippen molar-refractivity contribution in [1.82, 2.24) is 4.98 Å². The molecule has 16 aromatic rings. The lowest BCUT2D eigenvalue weighted by atomic mass is 10.0. The van der Waals surface area contributed by atoms with E-state index >= 15 is 0 Å². The molecule has 19 rings (SSSR count). The lowest BCUT2D eigenvalue weighted by Gasteiger charge is -2.19. The fourth-order valence-corrected chi connectivity index (χ4v) is 19.4. The Morgan fingerprint density at radius 3 is 0.993 bits per heavy atom. The number of hydrogen-bond acceptors (Lipinski definition) is 18. The van der Waals surface area contributed by atoms with Gasteiger partial charge in [-0.3, -0.25) is 28.1 Å². The van der Waals surface area contributed by atoms with Crippen LogP contribution in [0.15, 0.2) is 373 Å². The van der Waals surface area contributed by atoms with Crippen molar-refractivity contribution in [2.45, 2.75) is 77.1 Å². The molecule has 0 unspecified atom stereocenters. The van der Waals surface area contributed by atoms with E-state index in [1.165, 1.54) is 4.90 Å². The summed E-state index contributed by atoms with van der Waals surface area (Å²) >= 11 is 7.00. The van der Waals surface area contributed by atoms with E-state index in [1.54, 1.807) is 48.8 Å². The Bertz CT molecular complexity index is 7700. The second-order valence-corrected chi connectivity index (χ2v) is 39.9. The molecule has 7 heterocycles. The van der Waals surface area contributed by atoms with Gasteiger partial charge >= 0.3 is 0 Å². The van der Waals surface area contributed by atoms with Crippen molar-refractivity contribution in [3.63, 3.8) is 0 Å². The standard InChI is InChI=1S/C38H35Br2NO5S.C34H29NO8S2.C31H25NO5S.C5H5N/c1-3-5-6-19-41-34-23-29(27-9-15-31(40)16-10-27)12-18-36(34)46-38(41)21-25(4-2)20-37-33(24-47(42,43)44)32-22-28(11-17-35(32)45-37)26-7-13-30(39)14-8-26;1-2-23(17-33-29(21-44(36,37)38)28-19-26(13-15-31(28)42-33)24-9-5-3-6-10-24)18-34-35(22-45(39,40)41)30-20-27(14-16-32(30)43-34)25-11-7-4-8-12-25;1-2-32-27-18-24(22-11-7-4-8-12-22)14-16-29(27)37-31(32)19-30-26(20-38(33,34)35)25-17-23(13-15-28(25)36-30)21-9-5-3-6-10-21;1-2-4-6-5-3-1/h7-18,20-23H,3-6,19,24H2,1-2H3,(H,42,43,44);3-20H,2,21-22H2,1H3,(H,36,37,38)(H,39,40,41);3-19H,2,20H2,1H3,(H,33,34,35);1-5H/b25-20-,38-21-;23-17-,34-18-;;. The highest BCUT2D eigenvalue weighted by Crippen LogP contribution is 2.48. The molecule has 22 nitrogen and oxygen atoms in total. The largest absolute Gasteiger partial charge is 0.456 e. The minimum absolute atomic E-state index is 0.153. The van der Waals surface area contributed by atoms with Gasteiger partial charge in [-0.05, 0) is 225 Å². The van der Waals surface area contributed by atoms with Crippen LogP contribution in [-0.2, 0) is 57.7 Å². The van der Waals surface area contributed by atoms with Gasteiger partial charge in [0.25, 0.3) is 40.5 Å². The average Bonchev–Trinajstić information content (AvgIpc) is 1.64. The minimum Gasteiger partial charge on any atom is -0.456 e. The van der Waals surface area contributed by atoms with Gasteiger partial charge in [-0.15, -0.1) is 0 Å². The molecule has 0 amide bonds. The van der Waals surface area contributed by atoms with Crippen LogP contribution >= 0.6 is 31.9 Å². The second kappa shape index (κ2) is 42.2. The highest BCUT2D eigenvalue weighted by Gasteiger charge is 2.34. The van der Waals surface area contributed by atoms with Gasteiger partial charge in [0.2, 0.25) is 17.6 Å². The molecule has 0 saturated carbocycles. The predicted molar refractivity (Wildman–Crippen MR) is 547 cm³/mol. The van der Waals surface area contributed by atoms with Crippen LogP contribution in [0.4, 0.5) is 17.1 Å². The molecule has 4 N–H and O–H groups in total. The molecule has 4 aromatic heterocycles. The van der Waals surface area contributed by atoms with Crippen molar-refractivity contribution in [3.8, 4) is 84.0 Å². The van der Waals surface area contributed by atoms with E-state index in [0.717, 1.165) is 124 Å². The Hall–Kier alpha value is -13.5. The van der Waals surface area contributed by atoms with Crippen molar-refractivity contribution >= 4 is 141 Å². The quantitative estimate of drug-likeness (QED) is 0.0289. The highest BCUT2D eigenvalue weighted by atomic mass is 79.9. The number of unbranched alkanes of at least 4 members (excludes halogenated alkanes) is 2. The summed E-state index contributed by atoms with van der Waals surface area (Å²) in [6.45, 7) is 9.53. The number of furan rings is 3. The van der Waals surface area contributed by atoms with Gasteiger partial charge in [-0.1, -0.05) is 254 Å². The van der Waals surface area contributed by atoms with Crippen molar-refractivity contribution in [2.24, 2.45) is 0 Å². The van der Waals surface area contributed by atoms with E-state index in [4.69, 9.17) is 27.5 Å². The number of hydrogen-bond donors (Lipinski definition) is 4. The molecule has 136 heavy (non-hydrogen) atoms. The van der Waals surface area contributed by atoms with Crippen molar-refractivity contribution in [2.75, 3.05) is 33.7 Å². The van der Waals surface area contributed by atoms with Crippen molar-refractivity contribution in [3.05, 3.63) is 394 Å². The molecule has 0 atom stereocenters. The number of pyridine rings is 1. The zero-order valence-electron chi connectivity index (χ0n) is 74.3. The third kappa shape index (κ3) is 23.7. The molecule has 12 aromatic carbocycles. The first-order valence-electron chi connectivity index (χ1n) is 43.9. The fraction of sp³-hybridized carbons (Fsp3) is 0.139. The summed E-state index contributed by atoms with van der Waals surface area (Å²) in [5.41, 5.74) is 18.2. The summed E-state index contributed by atoms with van der Waals surface area (Å²) < 4.78 is 175. The summed E-state index contributed by atoms with van der Waals surface area (Å²) in [5.74, 6) is 1.68. The van der Waals surface area contributed by atoms with Gasteiger partial charge in [0.1, 0.15) is 51.3 Å². The number of fused-ring (bicyclic) bond motifs is 6. The van der Waals surface area contributed by atoms with Crippen molar-refractivity contribution < 1.29 is 79.3 Å². The van der Waals surface area contributed by atoms with Crippen LogP contribution < -0.4 is 28.9 Å². The predicted octanol–water partition coefficient (Wildman–Crippen LogP) is 27.4. The van der Waals surface area contributed by atoms with E-state index in [9.17, 15) is 51.9 Å². The number of rotatable bonds is 26. The maximum atomic E-state index is 12.2. The van der Waals surface area contributed by atoms with Gasteiger partial charge in [-0.25, -0.2) is 0 Å². The van der Waals surface area contributed by atoms with Crippen LogP contribution in [-0.4, -0.2) is 75.8 Å². The third-order valence-corrected chi connectivity index (χ3v) is 26.5. The first-order chi connectivity index (χ1) is 65.5. The Morgan fingerprint density at radius 1 is 0.338 bits per heavy atom. The number of ether oxygens (including phenoxy) is 3. The summed E-state index contributed by atoms with van der Waals surface area (Å²) in [7, 11) is -17.6. The van der Waals surface area contributed by atoms with E-state index in [2.05, 4.69) is 91.1 Å². The Kier molecular flexibility index (Phi) is 29.7. The molecule has 3 aliphatic rings. The third-order valence-electron chi connectivity index (χ3n) is 22.9. The topological polar surface area (TPSA) is 307 Å². The molecule has 0 radical (unpaired) electrons. The average molecular weight is 2020 g/mol. The summed E-state index contributed by atoms with van der Waals surface area (Å²) in [6.07, 6.45) is 16.6. The van der Waals surface area contributed by atoms with Crippen LogP contribution in [0.3, 0.4) is 0 Å². The molecule has 3 aliphatic heterocycles. The molecule has 0 bridgehead atoms. The number of anilines is 3. The maximum absolute atomic E-state index is 12.2. The zero-order chi connectivity index (χ0) is 95.4. The van der Waals surface area contributed by atoms with Crippen molar-refractivity contribution in [1.29, 1.82) is 0 Å². The van der Waals surface area contributed by atoms with Crippen LogP contribution in [0.1, 0.15) is 93.8 Å². The molecule has 28 heteroatoms. The van der Waals surface area contributed by atoms with E-state index in [0.29, 0.717) is 109 Å². The van der Waals surface area contributed by atoms with E-state index in [1.807, 2.05) is 274 Å². The smallest absolute Gasteiger partial charge is 0.283 e. The van der Waals surface area contributed by atoms with E-state index in [-0.39, 0.29) is 17.2 Å². The molecule has 0 aliphatic carbocycles. The first-order valence-corrected chi connectivity index (χ1v) is 51.9. The number of allylic oxidation sites excluding steroid dienone is 4. The Morgan fingerprint density at radius 2 is 0.654 bits per heavy atom. The minimum atomic E-state index is -4.46. The second-order valence-electron chi connectivity index (χ2n) is 32.3. The number of nitrogens with zero attached hydrogens (tertiary/aromatic N) is 4. The fourth-order valence-electron chi connectivity index (χ4n) is 16.3. The van der Waals surface area contributed by atoms with Gasteiger partial charge in [0, 0.05) is 85.5 Å². The van der Waals surface area contributed by atoms with E-state index < -0.39 is 63.6 Å². The van der Waals surface area contributed by atoms with Gasteiger partial charge in [0.05, 0.1) is 17.1 Å². The van der Waals surface area contributed by atoms with Gasteiger partial charge in [-0.2, -0.15) is 33.7 Å². The SMILES string of the molecule is CCC(=C/c1oc2ccc(-c3ccccc3)cc2c1CS(=O)(=O)O)/C=C1\Oc2ccc(-c3ccccc3)cc2N1CS(=O)(=O)O.CCCCCN1/C(=C/C(=C\c2oc3ccc(-c4ccc(Br)cc4)cc3c2CS(=O)(=O)O)CC)Oc2ccc(-c3ccc(Br)cc3)cc21.CCN1C(=Cc2oc3ccc(-c4ccccc4)cc3c2CS(=O)(=O)O)Oc2ccc(-c3ccccc3)cc21.c1ccncc1. The molecule has 692 valence electrons. The van der Waals surface area contributed by atoms with Gasteiger partial charge in [0.15, 0.2) is 23.1 Å². The highest BCUT2D eigenvalue weighted by molar-refractivity contribution is 9.10. The summed E-state index contributed by atoms with van der Waals surface area (Å²) in [5, 5.41) is 1.80. The number of halogens is 2. The summed E-state index contributed by atoms with van der Waals surface area (Å²) in [4.78, 5) is 9.39. The van der Waals surface area contributed by atoms with Crippen LogP contribution in [0, 0.1) is 0 Å². The Balaban J connectivity index is 0.000000144. The monoisotopic (exact) mass is 2020 g/mol. The number of aromatic nitrogens is 1. The summed E-state index contributed by atoms with van der Waals surface area (Å²) in [6, 6.07) is 95.4. The molecule has 0 saturated heterocycles. The molecular formula is C108H94Br2N4O18S4. The number of benzene rings is 12.